The Hall–Kier alpha value is -2.60. The van der Waals surface area contributed by atoms with Crippen LogP contribution >= 0.6 is 11.3 Å². The number of para-hydroxylation sites is 2. The third-order valence-corrected chi connectivity index (χ3v) is 4.91. The van der Waals surface area contributed by atoms with E-state index >= 15 is 0 Å². The van der Waals surface area contributed by atoms with Crippen molar-refractivity contribution in [2.45, 2.75) is 19.8 Å². The molecule has 0 aliphatic rings. The number of carbonyl (C=O) groups is 1. The lowest BCUT2D eigenvalue weighted by Crippen LogP contribution is -2.12. The minimum atomic E-state index is -0.0680. The Bertz CT molecular complexity index is 905. The standard InChI is InChI=1S/C19H20N2O3S/c1-12-6-4-9-15-17(12)21-19(25-15)20-16(22)11-10-13-7-5-8-14(23-2)18(13)24-3/h4-9H,10-11H2,1-3H3,(H,20,21,22). The summed E-state index contributed by atoms with van der Waals surface area (Å²) in [4.78, 5) is 16.8. The van der Waals surface area contributed by atoms with E-state index in [9.17, 15) is 4.79 Å². The number of amides is 1. The second-order valence-electron chi connectivity index (χ2n) is 5.64. The van der Waals surface area contributed by atoms with Gasteiger partial charge in [-0.2, -0.15) is 0 Å². The lowest BCUT2D eigenvalue weighted by molar-refractivity contribution is -0.116. The molecule has 0 saturated heterocycles. The molecule has 1 aromatic heterocycles. The molecule has 0 aliphatic heterocycles. The molecule has 130 valence electrons. The molecule has 0 bridgehead atoms. The molecule has 0 atom stereocenters. The number of nitrogens with zero attached hydrogens (tertiary/aromatic N) is 1. The van der Waals surface area contributed by atoms with Crippen molar-refractivity contribution >= 4 is 32.6 Å². The predicted molar refractivity (Wildman–Crippen MR) is 101 cm³/mol. The fraction of sp³-hybridized carbons (Fsp3) is 0.263. The quantitative estimate of drug-likeness (QED) is 0.719. The average molecular weight is 356 g/mol. The van der Waals surface area contributed by atoms with Gasteiger partial charge in [-0.25, -0.2) is 4.98 Å². The van der Waals surface area contributed by atoms with Crippen molar-refractivity contribution in [1.82, 2.24) is 4.98 Å². The van der Waals surface area contributed by atoms with Crippen LogP contribution in [0.15, 0.2) is 36.4 Å². The minimum Gasteiger partial charge on any atom is -0.493 e. The minimum absolute atomic E-state index is 0.0680. The van der Waals surface area contributed by atoms with Crippen molar-refractivity contribution < 1.29 is 14.3 Å². The fourth-order valence-corrected chi connectivity index (χ4v) is 3.68. The Morgan fingerprint density at radius 2 is 1.96 bits per heavy atom. The van der Waals surface area contributed by atoms with E-state index in [0.717, 1.165) is 21.3 Å². The molecule has 1 amide bonds. The number of nitrogens with one attached hydrogen (secondary N) is 1. The molecule has 25 heavy (non-hydrogen) atoms. The van der Waals surface area contributed by atoms with Gasteiger partial charge in [0.05, 0.1) is 24.4 Å². The normalized spacial score (nSPS) is 10.7. The van der Waals surface area contributed by atoms with Crippen molar-refractivity contribution in [1.29, 1.82) is 0 Å². The number of aryl methyl sites for hydroxylation is 2. The Morgan fingerprint density at radius 3 is 2.68 bits per heavy atom. The maximum absolute atomic E-state index is 12.3. The van der Waals surface area contributed by atoms with Gasteiger partial charge in [0.15, 0.2) is 16.6 Å². The van der Waals surface area contributed by atoms with Crippen LogP contribution in [0.3, 0.4) is 0 Å². The second-order valence-corrected chi connectivity index (χ2v) is 6.67. The SMILES string of the molecule is COc1cccc(CCC(=O)Nc2nc3c(C)cccc3s2)c1OC. The molecule has 3 rings (SSSR count). The number of hydrogen-bond acceptors (Lipinski definition) is 5. The van der Waals surface area contributed by atoms with Crippen LogP contribution in [-0.4, -0.2) is 25.1 Å². The van der Waals surface area contributed by atoms with Crippen LogP contribution in [0.25, 0.3) is 10.2 Å². The van der Waals surface area contributed by atoms with Crippen molar-refractivity contribution in [2.24, 2.45) is 0 Å². The van der Waals surface area contributed by atoms with E-state index in [1.54, 1.807) is 14.2 Å². The third-order valence-electron chi connectivity index (χ3n) is 3.97. The van der Waals surface area contributed by atoms with Crippen LogP contribution in [0.2, 0.25) is 0 Å². The Kier molecular flexibility index (Phi) is 5.19. The van der Waals surface area contributed by atoms with Gasteiger partial charge < -0.3 is 14.8 Å². The first-order valence-electron chi connectivity index (χ1n) is 7.98. The number of fused-ring (bicyclic) bond motifs is 1. The number of ether oxygens (including phenoxy) is 2. The second kappa shape index (κ2) is 7.53. The first-order valence-corrected chi connectivity index (χ1v) is 8.80. The van der Waals surface area contributed by atoms with Crippen molar-refractivity contribution in [3.63, 3.8) is 0 Å². The first-order chi connectivity index (χ1) is 12.1. The van der Waals surface area contributed by atoms with Gasteiger partial charge in [0.25, 0.3) is 0 Å². The largest absolute Gasteiger partial charge is 0.493 e. The molecule has 0 aliphatic carbocycles. The molecular formula is C19H20N2O3S. The van der Waals surface area contributed by atoms with E-state index in [2.05, 4.69) is 10.3 Å². The zero-order chi connectivity index (χ0) is 17.8. The molecule has 2 aromatic carbocycles. The van der Waals surface area contributed by atoms with Gasteiger partial charge in [-0.3, -0.25) is 4.79 Å². The number of methoxy groups -OCH3 is 2. The summed E-state index contributed by atoms with van der Waals surface area (Å²) in [6.07, 6.45) is 0.911. The summed E-state index contributed by atoms with van der Waals surface area (Å²) in [5.74, 6) is 1.28. The van der Waals surface area contributed by atoms with Crippen LogP contribution in [0, 0.1) is 6.92 Å². The monoisotopic (exact) mass is 356 g/mol. The lowest BCUT2D eigenvalue weighted by Gasteiger charge is -2.12. The van der Waals surface area contributed by atoms with E-state index in [4.69, 9.17) is 9.47 Å². The zero-order valence-electron chi connectivity index (χ0n) is 14.5. The molecule has 5 nitrogen and oxygen atoms in total. The first kappa shape index (κ1) is 17.2. The highest BCUT2D eigenvalue weighted by molar-refractivity contribution is 7.22. The van der Waals surface area contributed by atoms with Gasteiger partial charge in [-0.1, -0.05) is 35.6 Å². The Balaban J connectivity index is 1.68. The molecule has 0 unspecified atom stereocenters. The van der Waals surface area contributed by atoms with Crippen LogP contribution in [0.1, 0.15) is 17.5 Å². The number of aromatic nitrogens is 1. The maximum atomic E-state index is 12.3. The topological polar surface area (TPSA) is 60.5 Å². The van der Waals surface area contributed by atoms with Crippen LogP contribution in [-0.2, 0) is 11.2 Å². The molecule has 0 saturated carbocycles. The number of anilines is 1. The van der Waals surface area contributed by atoms with Crippen molar-refractivity contribution in [3.8, 4) is 11.5 Å². The highest BCUT2D eigenvalue weighted by atomic mass is 32.1. The van der Waals surface area contributed by atoms with Crippen LogP contribution in [0.4, 0.5) is 5.13 Å². The van der Waals surface area contributed by atoms with Crippen molar-refractivity contribution in [3.05, 3.63) is 47.5 Å². The summed E-state index contributed by atoms with van der Waals surface area (Å²) >= 11 is 1.49. The van der Waals surface area contributed by atoms with Crippen molar-refractivity contribution in [2.75, 3.05) is 19.5 Å². The summed E-state index contributed by atoms with van der Waals surface area (Å²) < 4.78 is 11.8. The lowest BCUT2D eigenvalue weighted by atomic mass is 10.1. The van der Waals surface area contributed by atoms with Crippen LogP contribution < -0.4 is 14.8 Å². The summed E-state index contributed by atoms with van der Waals surface area (Å²) in [5, 5.41) is 3.52. The molecule has 0 radical (unpaired) electrons. The summed E-state index contributed by atoms with van der Waals surface area (Å²) in [7, 11) is 3.20. The highest BCUT2D eigenvalue weighted by Crippen LogP contribution is 2.32. The molecule has 6 heteroatoms. The molecule has 3 aromatic rings. The third kappa shape index (κ3) is 3.74. The Labute approximate surface area is 150 Å². The van der Waals surface area contributed by atoms with Gasteiger partial charge in [0, 0.05) is 6.42 Å². The molecule has 1 N–H and O–H groups in total. The van der Waals surface area contributed by atoms with Gasteiger partial charge >= 0.3 is 0 Å². The number of carbonyl (C=O) groups excluding carboxylic acids is 1. The molecule has 1 heterocycles. The highest BCUT2D eigenvalue weighted by Gasteiger charge is 2.13. The summed E-state index contributed by atoms with van der Waals surface area (Å²) in [6.45, 7) is 2.02. The van der Waals surface area contributed by atoms with Crippen LogP contribution in [0.5, 0.6) is 11.5 Å². The van der Waals surface area contributed by atoms with E-state index in [0.29, 0.717) is 29.5 Å². The van der Waals surface area contributed by atoms with E-state index in [1.807, 2.05) is 43.3 Å². The fourth-order valence-electron chi connectivity index (χ4n) is 2.72. The number of benzene rings is 2. The zero-order valence-corrected chi connectivity index (χ0v) is 15.3. The molecule has 0 fully saturated rings. The Morgan fingerprint density at radius 1 is 1.16 bits per heavy atom. The average Bonchev–Trinajstić information content (AvgIpc) is 3.03. The summed E-state index contributed by atoms with van der Waals surface area (Å²) in [5.41, 5.74) is 2.99. The predicted octanol–water partition coefficient (Wildman–Crippen LogP) is 4.19. The van der Waals surface area contributed by atoms with E-state index in [1.165, 1.54) is 11.3 Å². The van der Waals surface area contributed by atoms with Gasteiger partial charge in [-0.05, 0) is 36.6 Å². The smallest absolute Gasteiger partial charge is 0.226 e. The maximum Gasteiger partial charge on any atom is 0.226 e. The number of rotatable bonds is 6. The number of hydrogen-bond donors (Lipinski definition) is 1. The van der Waals surface area contributed by atoms with Gasteiger partial charge in [-0.15, -0.1) is 0 Å². The van der Waals surface area contributed by atoms with Gasteiger partial charge in [0.2, 0.25) is 5.91 Å². The van der Waals surface area contributed by atoms with E-state index < -0.39 is 0 Å². The molecular weight excluding hydrogens is 336 g/mol. The van der Waals surface area contributed by atoms with Gasteiger partial charge in [0.1, 0.15) is 0 Å². The number of thiazole rings is 1. The molecule has 0 spiro atoms. The van der Waals surface area contributed by atoms with E-state index in [-0.39, 0.29) is 5.91 Å². The summed E-state index contributed by atoms with van der Waals surface area (Å²) in [6, 6.07) is 11.7.